The number of halogens is 1. The Morgan fingerprint density at radius 2 is 1.75 bits per heavy atom. The summed E-state index contributed by atoms with van der Waals surface area (Å²) in [4.78, 5) is 0. The lowest BCUT2D eigenvalue weighted by Crippen LogP contribution is -1.98. The Morgan fingerprint density at radius 3 is 2.60 bits per heavy atom. The van der Waals surface area contributed by atoms with Crippen molar-refractivity contribution < 1.29 is 4.74 Å². The molecule has 0 bridgehead atoms. The fourth-order valence-electron chi connectivity index (χ4n) is 2.48. The van der Waals surface area contributed by atoms with E-state index in [1.807, 2.05) is 18.2 Å². The minimum Gasteiger partial charge on any atom is -0.492 e. The van der Waals surface area contributed by atoms with Gasteiger partial charge in [-0.3, -0.25) is 0 Å². The maximum atomic E-state index is 6.11. The predicted octanol–water partition coefficient (Wildman–Crippen LogP) is 5.83. The first-order chi connectivity index (χ1) is 9.79. The lowest BCUT2D eigenvalue weighted by Gasteiger charge is -2.13. The molecule has 0 fully saturated rings. The van der Waals surface area contributed by atoms with E-state index in [4.69, 9.17) is 16.3 Å². The molecule has 0 radical (unpaired) electrons. The van der Waals surface area contributed by atoms with Crippen molar-refractivity contribution in [2.45, 2.75) is 19.8 Å². The van der Waals surface area contributed by atoms with Gasteiger partial charge in [-0.15, -0.1) is 0 Å². The molecule has 0 aliphatic rings. The van der Waals surface area contributed by atoms with Crippen molar-refractivity contribution in [3.05, 3.63) is 53.6 Å². The van der Waals surface area contributed by atoms with Crippen molar-refractivity contribution >= 4 is 33.1 Å². The van der Waals surface area contributed by atoms with Gasteiger partial charge in [-0.05, 0) is 41.5 Å². The minimum atomic E-state index is 0.752. The van der Waals surface area contributed by atoms with Crippen LogP contribution >= 0.6 is 11.6 Å². The molecule has 0 amide bonds. The van der Waals surface area contributed by atoms with E-state index in [-0.39, 0.29) is 0 Å². The summed E-state index contributed by atoms with van der Waals surface area (Å²) in [6.45, 7) is 2.92. The molecule has 0 atom stereocenters. The highest BCUT2D eigenvalue weighted by molar-refractivity contribution is 6.31. The quantitative estimate of drug-likeness (QED) is 0.433. The van der Waals surface area contributed by atoms with Gasteiger partial charge in [0.05, 0.1) is 6.61 Å². The zero-order valence-electron chi connectivity index (χ0n) is 11.5. The third kappa shape index (κ3) is 2.46. The summed E-state index contributed by atoms with van der Waals surface area (Å²) in [6.07, 6.45) is 2.20. The van der Waals surface area contributed by atoms with Crippen LogP contribution in [0.5, 0.6) is 5.75 Å². The van der Waals surface area contributed by atoms with E-state index in [2.05, 4.69) is 37.3 Å². The minimum absolute atomic E-state index is 0.752. The second-order valence-electron chi connectivity index (χ2n) is 4.99. The van der Waals surface area contributed by atoms with Gasteiger partial charge in [-0.2, -0.15) is 0 Å². The summed E-state index contributed by atoms with van der Waals surface area (Å²) in [7, 11) is 0. The zero-order valence-corrected chi connectivity index (χ0v) is 12.3. The molecular weight excluding hydrogens is 268 g/mol. The maximum Gasteiger partial charge on any atom is 0.134 e. The van der Waals surface area contributed by atoms with E-state index < -0.39 is 0 Å². The molecule has 3 rings (SSSR count). The van der Waals surface area contributed by atoms with Crippen LogP contribution in [-0.4, -0.2) is 6.61 Å². The van der Waals surface area contributed by atoms with Crippen LogP contribution in [0.3, 0.4) is 0 Å². The van der Waals surface area contributed by atoms with Gasteiger partial charge < -0.3 is 4.74 Å². The van der Waals surface area contributed by atoms with Crippen molar-refractivity contribution in [1.82, 2.24) is 0 Å². The number of unbranched alkanes of at least 4 members (excludes halogenated alkanes) is 1. The van der Waals surface area contributed by atoms with Crippen LogP contribution in [0.2, 0.25) is 5.02 Å². The first kappa shape index (κ1) is 13.3. The highest BCUT2D eigenvalue weighted by Gasteiger charge is 2.09. The molecule has 0 aliphatic carbocycles. The van der Waals surface area contributed by atoms with Crippen LogP contribution in [0, 0.1) is 0 Å². The molecule has 0 aliphatic heterocycles. The van der Waals surface area contributed by atoms with Gasteiger partial charge in [0.25, 0.3) is 0 Å². The van der Waals surface area contributed by atoms with Crippen molar-refractivity contribution in [2.24, 2.45) is 0 Å². The first-order valence-corrected chi connectivity index (χ1v) is 7.41. The van der Waals surface area contributed by atoms with Gasteiger partial charge in [0.15, 0.2) is 0 Å². The zero-order chi connectivity index (χ0) is 13.9. The fourth-order valence-corrected chi connectivity index (χ4v) is 2.66. The largest absolute Gasteiger partial charge is 0.492 e. The van der Waals surface area contributed by atoms with Crippen LogP contribution in [0.1, 0.15) is 19.8 Å². The maximum absolute atomic E-state index is 6.11. The Hall–Kier alpha value is -1.73. The highest BCUT2D eigenvalue weighted by atomic mass is 35.5. The van der Waals surface area contributed by atoms with E-state index in [0.29, 0.717) is 0 Å². The van der Waals surface area contributed by atoms with Crippen LogP contribution < -0.4 is 4.74 Å². The average Bonchev–Trinajstić information content (AvgIpc) is 2.46. The molecule has 2 heteroatoms. The molecule has 0 saturated heterocycles. The molecule has 102 valence electrons. The topological polar surface area (TPSA) is 9.23 Å². The summed E-state index contributed by atoms with van der Waals surface area (Å²) in [6, 6.07) is 16.5. The lowest BCUT2D eigenvalue weighted by atomic mass is 10.0. The third-order valence-corrected chi connectivity index (χ3v) is 3.75. The van der Waals surface area contributed by atoms with E-state index in [9.17, 15) is 0 Å². The summed E-state index contributed by atoms with van der Waals surface area (Å²) in [5, 5.41) is 5.37. The summed E-state index contributed by atoms with van der Waals surface area (Å²) in [5.41, 5.74) is 0. The standard InChI is InChI=1S/C18H17ClO/c1-2-3-10-20-18-16-7-5-4-6-13(16)11-14-12-15(19)8-9-17(14)18/h4-9,11-12H,2-3,10H2,1H3. The molecule has 1 nitrogen and oxygen atoms in total. The van der Waals surface area contributed by atoms with Crippen molar-refractivity contribution in [3.63, 3.8) is 0 Å². The SMILES string of the molecule is CCCCOc1c2ccccc2cc2cc(Cl)ccc12. The summed E-state index contributed by atoms with van der Waals surface area (Å²) < 4.78 is 6.07. The number of hydrogen-bond acceptors (Lipinski definition) is 1. The molecule has 0 unspecified atom stereocenters. The van der Waals surface area contributed by atoms with E-state index in [0.717, 1.165) is 41.0 Å². The summed E-state index contributed by atoms with van der Waals surface area (Å²) in [5.74, 6) is 0.975. The van der Waals surface area contributed by atoms with Gasteiger partial charge in [-0.25, -0.2) is 0 Å². The normalized spacial score (nSPS) is 11.1. The van der Waals surface area contributed by atoms with Crippen molar-refractivity contribution in [3.8, 4) is 5.75 Å². The van der Waals surface area contributed by atoms with Gasteiger partial charge in [0.2, 0.25) is 0 Å². The smallest absolute Gasteiger partial charge is 0.134 e. The van der Waals surface area contributed by atoms with Crippen molar-refractivity contribution in [1.29, 1.82) is 0 Å². The van der Waals surface area contributed by atoms with Gasteiger partial charge in [0.1, 0.15) is 5.75 Å². The fraction of sp³-hybridized carbons (Fsp3) is 0.222. The Bertz CT molecular complexity index is 749. The molecule has 0 spiro atoms. The summed E-state index contributed by atoms with van der Waals surface area (Å²) >= 11 is 6.11. The number of benzene rings is 3. The Kier molecular flexibility index (Phi) is 3.79. The number of ether oxygens (including phenoxy) is 1. The van der Waals surface area contributed by atoms with Crippen molar-refractivity contribution in [2.75, 3.05) is 6.61 Å². The van der Waals surface area contributed by atoms with Crippen LogP contribution in [-0.2, 0) is 0 Å². The van der Waals surface area contributed by atoms with E-state index in [1.54, 1.807) is 0 Å². The number of hydrogen-bond donors (Lipinski definition) is 0. The molecule has 3 aromatic rings. The molecule has 0 saturated carbocycles. The van der Waals surface area contributed by atoms with Gasteiger partial charge in [0, 0.05) is 15.8 Å². The average molecular weight is 285 g/mol. The number of fused-ring (bicyclic) bond motifs is 2. The Morgan fingerprint density at radius 1 is 0.950 bits per heavy atom. The second-order valence-corrected chi connectivity index (χ2v) is 5.43. The third-order valence-electron chi connectivity index (χ3n) is 3.52. The molecule has 20 heavy (non-hydrogen) atoms. The first-order valence-electron chi connectivity index (χ1n) is 7.03. The Balaban J connectivity index is 2.23. The predicted molar refractivity (Wildman–Crippen MR) is 86.9 cm³/mol. The lowest BCUT2D eigenvalue weighted by molar-refractivity contribution is 0.316. The number of rotatable bonds is 4. The molecule has 0 aromatic heterocycles. The van der Waals surface area contributed by atoms with E-state index >= 15 is 0 Å². The van der Waals surface area contributed by atoms with Crippen LogP contribution in [0.4, 0.5) is 0 Å². The molecule has 0 heterocycles. The van der Waals surface area contributed by atoms with Crippen LogP contribution in [0.25, 0.3) is 21.5 Å². The van der Waals surface area contributed by atoms with Gasteiger partial charge >= 0.3 is 0 Å². The highest BCUT2D eigenvalue weighted by Crippen LogP contribution is 2.36. The molecule has 0 N–H and O–H groups in total. The monoisotopic (exact) mass is 284 g/mol. The van der Waals surface area contributed by atoms with E-state index in [1.165, 1.54) is 10.8 Å². The second kappa shape index (κ2) is 5.72. The van der Waals surface area contributed by atoms with Gasteiger partial charge in [-0.1, -0.05) is 49.2 Å². The Labute approximate surface area is 124 Å². The molecular formula is C18H17ClO. The van der Waals surface area contributed by atoms with Crippen LogP contribution in [0.15, 0.2) is 48.5 Å². The molecule has 3 aromatic carbocycles.